The van der Waals surface area contributed by atoms with Crippen molar-refractivity contribution < 1.29 is 9.53 Å². The molecule has 0 aliphatic heterocycles. The van der Waals surface area contributed by atoms with Crippen LogP contribution in [0.15, 0.2) is 15.9 Å². The number of thiophene rings is 1. The fraction of sp³-hybridized carbons (Fsp3) is 0.375. The first-order chi connectivity index (χ1) is 6.68. The van der Waals surface area contributed by atoms with Gasteiger partial charge in [0.15, 0.2) is 0 Å². The molecule has 0 atom stereocenters. The SMILES string of the molecule is NC(=O)OCCNCc1cc(Br)cs1. The number of amides is 1. The normalized spacial score (nSPS) is 10.1. The van der Waals surface area contributed by atoms with Crippen molar-refractivity contribution in [3.63, 3.8) is 0 Å². The molecule has 1 amide bonds. The molecule has 1 aromatic heterocycles. The van der Waals surface area contributed by atoms with Gasteiger partial charge in [-0.2, -0.15) is 0 Å². The van der Waals surface area contributed by atoms with E-state index in [1.165, 1.54) is 4.88 Å². The van der Waals surface area contributed by atoms with Gasteiger partial charge in [0.1, 0.15) is 6.61 Å². The quantitative estimate of drug-likeness (QED) is 0.806. The molecule has 0 aliphatic carbocycles. The summed E-state index contributed by atoms with van der Waals surface area (Å²) in [4.78, 5) is 11.4. The molecule has 0 aliphatic rings. The molecule has 0 fully saturated rings. The third-order valence-corrected chi connectivity index (χ3v) is 3.14. The van der Waals surface area contributed by atoms with Gasteiger partial charge in [0.2, 0.25) is 0 Å². The third kappa shape index (κ3) is 4.59. The van der Waals surface area contributed by atoms with Crippen LogP contribution in [0.3, 0.4) is 0 Å². The van der Waals surface area contributed by atoms with Crippen molar-refractivity contribution in [3.05, 3.63) is 20.8 Å². The Kier molecular flexibility index (Phi) is 4.92. The highest BCUT2D eigenvalue weighted by molar-refractivity contribution is 9.10. The number of ether oxygens (including phenoxy) is 1. The number of nitrogens with two attached hydrogens (primary N) is 1. The Labute approximate surface area is 94.6 Å². The number of carbonyl (C=O) groups excluding carboxylic acids is 1. The van der Waals surface area contributed by atoms with E-state index < -0.39 is 6.09 Å². The molecule has 0 saturated carbocycles. The maximum Gasteiger partial charge on any atom is 0.404 e. The zero-order chi connectivity index (χ0) is 10.4. The van der Waals surface area contributed by atoms with Gasteiger partial charge in [-0.25, -0.2) is 4.79 Å². The largest absolute Gasteiger partial charge is 0.448 e. The minimum atomic E-state index is -0.731. The molecule has 1 heterocycles. The van der Waals surface area contributed by atoms with Crippen molar-refractivity contribution in [1.29, 1.82) is 0 Å². The summed E-state index contributed by atoms with van der Waals surface area (Å²) in [7, 11) is 0. The first-order valence-electron chi connectivity index (χ1n) is 4.04. The van der Waals surface area contributed by atoms with Crippen LogP contribution >= 0.6 is 27.3 Å². The minimum Gasteiger partial charge on any atom is -0.448 e. The summed E-state index contributed by atoms with van der Waals surface area (Å²) in [6.45, 7) is 1.69. The molecule has 1 aromatic rings. The van der Waals surface area contributed by atoms with Crippen LogP contribution in [-0.4, -0.2) is 19.2 Å². The first kappa shape index (κ1) is 11.5. The molecule has 0 spiro atoms. The molecule has 0 radical (unpaired) electrons. The van der Waals surface area contributed by atoms with E-state index in [1.54, 1.807) is 11.3 Å². The predicted octanol–water partition coefficient (Wildman–Crippen LogP) is 1.70. The average molecular weight is 279 g/mol. The summed E-state index contributed by atoms with van der Waals surface area (Å²) >= 11 is 5.04. The molecule has 4 nitrogen and oxygen atoms in total. The van der Waals surface area contributed by atoms with Crippen LogP contribution in [0.4, 0.5) is 4.79 Å². The molecule has 14 heavy (non-hydrogen) atoms. The lowest BCUT2D eigenvalue weighted by Gasteiger charge is -2.02. The van der Waals surface area contributed by atoms with Crippen molar-refractivity contribution in [2.45, 2.75) is 6.54 Å². The van der Waals surface area contributed by atoms with Crippen LogP contribution in [-0.2, 0) is 11.3 Å². The van der Waals surface area contributed by atoms with Crippen LogP contribution in [0.2, 0.25) is 0 Å². The molecule has 6 heteroatoms. The number of halogens is 1. The smallest absolute Gasteiger partial charge is 0.404 e. The molecule has 1 rings (SSSR count). The molecule has 0 bridgehead atoms. The monoisotopic (exact) mass is 278 g/mol. The van der Waals surface area contributed by atoms with E-state index in [9.17, 15) is 4.79 Å². The molecule has 0 aromatic carbocycles. The van der Waals surface area contributed by atoms with Crippen molar-refractivity contribution >= 4 is 33.4 Å². The summed E-state index contributed by atoms with van der Waals surface area (Å²) in [5.41, 5.74) is 4.80. The fourth-order valence-electron chi connectivity index (χ4n) is 0.882. The van der Waals surface area contributed by atoms with E-state index in [-0.39, 0.29) is 0 Å². The first-order valence-corrected chi connectivity index (χ1v) is 5.71. The van der Waals surface area contributed by atoms with Crippen LogP contribution in [0.1, 0.15) is 4.88 Å². The van der Waals surface area contributed by atoms with Gasteiger partial charge in [-0.05, 0) is 22.0 Å². The second-order valence-corrected chi connectivity index (χ2v) is 4.49. The van der Waals surface area contributed by atoms with Crippen LogP contribution in [0.5, 0.6) is 0 Å². The van der Waals surface area contributed by atoms with Crippen molar-refractivity contribution in [1.82, 2.24) is 5.32 Å². The van der Waals surface area contributed by atoms with E-state index in [4.69, 9.17) is 5.73 Å². The lowest BCUT2D eigenvalue weighted by Crippen LogP contribution is -2.22. The number of nitrogens with one attached hydrogen (secondary N) is 1. The van der Waals surface area contributed by atoms with E-state index >= 15 is 0 Å². The average Bonchev–Trinajstić information content (AvgIpc) is 2.50. The lowest BCUT2D eigenvalue weighted by atomic mass is 10.4. The maximum atomic E-state index is 10.2. The van der Waals surface area contributed by atoms with Gasteiger partial charge < -0.3 is 15.8 Å². The zero-order valence-electron chi connectivity index (χ0n) is 7.46. The van der Waals surface area contributed by atoms with Crippen molar-refractivity contribution in [2.24, 2.45) is 5.73 Å². The fourth-order valence-corrected chi connectivity index (χ4v) is 2.30. The van der Waals surface area contributed by atoms with E-state index in [0.29, 0.717) is 13.2 Å². The van der Waals surface area contributed by atoms with Crippen LogP contribution in [0.25, 0.3) is 0 Å². The van der Waals surface area contributed by atoms with Gasteiger partial charge in [-0.15, -0.1) is 11.3 Å². The van der Waals surface area contributed by atoms with E-state index in [2.05, 4.69) is 26.0 Å². The van der Waals surface area contributed by atoms with Crippen molar-refractivity contribution in [2.75, 3.05) is 13.2 Å². The molecular weight excluding hydrogens is 268 g/mol. The second-order valence-electron chi connectivity index (χ2n) is 2.58. The number of rotatable bonds is 5. The second kappa shape index (κ2) is 6.00. The Morgan fingerprint density at radius 1 is 1.71 bits per heavy atom. The Morgan fingerprint density at radius 2 is 2.50 bits per heavy atom. The highest BCUT2D eigenvalue weighted by Gasteiger charge is 1.97. The lowest BCUT2D eigenvalue weighted by molar-refractivity contribution is 0.157. The molecule has 78 valence electrons. The van der Waals surface area contributed by atoms with Gasteiger partial charge in [0.05, 0.1) is 0 Å². The highest BCUT2D eigenvalue weighted by Crippen LogP contribution is 2.19. The number of carbonyl (C=O) groups is 1. The summed E-state index contributed by atoms with van der Waals surface area (Å²) in [6, 6.07) is 2.05. The Hall–Kier alpha value is -0.590. The van der Waals surface area contributed by atoms with Gasteiger partial charge >= 0.3 is 6.09 Å². The topological polar surface area (TPSA) is 64.4 Å². The molecule has 0 saturated heterocycles. The van der Waals surface area contributed by atoms with Gasteiger partial charge in [-0.1, -0.05) is 0 Å². The minimum absolute atomic E-state index is 0.307. The Morgan fingerprint density at radius 3 is 3.07 bits per heavy atom. The van der Waals surface area contributed by atoms with E-state index in [1.807, 2.05) is 11.4 Å². The zero-order valence-corrected chi connectivity index (χ0v) is 9.86. The Balaban J connectivity index is 2.07. The molecule has 0 unspecified atom stereocenters. The maximum absolute atomic E-state index is 10.2. The van der Waals surface area contributed by atoms with Gasteiger partial charge in [0.25, 0.3) is 0 Å². The number of hydrogen-bond donors (Lipinski definition) is 2. The number of primary amides is 1. The summed E-state index contributed by atoms with van der Waals surface area (Å²) in [5, 5.41) is 5.15. The summed E-state index contributed by atoms with van der Waals surface area (Å²) in [6.07, 6.45) is -0.731. The third-order valence-electron chi connectivity index (χ3n) is 1.44. The van der Waals surface area contributed by atoms with Gasteiger partial charge in [0, 0.05) is 27.8 Å². The molecule has 3 N–H and O–H groups in total. The van der Waals surface area contributed by atoms with Crippen LogP contribution < -0.4 is 11.1 Å². The molecular formula is C8H11BrN2O2S. The predicted molar refractivity (Wildman–Crippen MR) is 59.3 cm³/mol. The number of hydrogen-bond acceptors (Lipinski definition) is 4. The summed E-state index contributed by atoms with van der Waals surface area (Å²) < 4.78 is 5.65. The van der Waals surface area contributed by atoms with Crippen molar-refractivity contribution in [3.8, 4) is 0 Å². The van der Waals surface area contributed by atoms with Crippen LogP contribution in [0, 0.1) is 0 Å². The van der Waals surface area contributed by atoms with Gasteiger partial charge in [-0.3, -0.25) is 0 Å². The highest BCUT2D eigenvalue weighted by atomic mass is 79.9. The van der Waals surface area contributed by atoms with E-state index in [0.717, 1.165) is 11.0 Å². The summed E-state index contributed by atoms with van der Waals surface area (Å²) in [5.74, 6) is 0. The standard InChI is InChI=1S/C8H11BrN2O2S/c9-6-3-7(14-5-6)4-11-1-2-13-8(10)12/h3,5,11H,1-2,4H2,(H2,10,12). The Bertz CT molecular complexity index is 303.